The fourth-order valence-electron chi connectivity index (χ4n) is 1.07. The van der Waals surface area contributed by atoms with Crippen molar-refractivity contribution in [3.05, 3.63) is 12.0 Å². The number of halogens is 1. The second-order valence-corrected chi connectivity index (χ2v) is 5.93. The predicted molar refractivity (Wildman–Crippen MR) is 63.1 cm³/mol. The molecule has 16 heavy (non-hydrogen) atoms. The summed E-state index contributed by atoms with van der Waals surface area (Å²) in [6, 6.07) is 0. The SMILES string of the molecule is CCC(Cl)CNS(=O)(=O)c1cn(C)c(C)n1. The zero-order valence-electron chi connectivity index (χ0n) is 9.57. The van der Waals surface area contributed by atoms with Gasteiger partial charge in [0, 0.05) is 25.2 Å². The van der Waals surface area contributed by atoms with Gasteiger partial charge in [0.1, 0.15) is 5.82 Å². The summed E-state index contributed by atoms with van der Waals surface area (Å²) in [6.45, 7) is 3.86. The molecule has 1 unspecified atom stereocenters. The second-order valence-electron chi connectivity index (χ2n) is 3.59. The molecular formula is C9H16ClN3O2S. The summed E-state index contributed by atoms with van der Waals surface area (Å²) in [4.78, 5) is 3.96. The number of alkyl halides is 1. The van der Waals surface area contributed by atoms with E-state index in [1.54, 1.807) is 18.5 Å². The summed E-state index contributed by atoms with van der Waals surface area (Å²) < 4.78 is 27.6. The van der Waals surface area contributed by atoms with Crippen LogP contribution in [0.3, 0.4) is 0 Å². The van der Waals surface area contributed by atoms with Gasteiger partial charge in [0.15, 0.2) is 5.03 Å². The number of sulfonamides is 1. The van der Waals surface area contributed by atoms with E-state index in [0.717, 1.165) is 0 Å². The lowest BCUT2D eigenvalue weighted by Gasteiger charge is -2.07. The molecule has 1 aromatic rings. The Hall–Kier alpha value is -0.590. The molecule has 1 heterocycles. The smallest absolute Gasteiger partial charge is 0.259 e. The van der Waals surface area contributed by atoms with Crippen LogP contribution in [0.5, 0.6) is 0 Å². The quantitative estimate of drug-likeness (QED) is 0.809. The van der Waals surface area contributed by atoms with Gasteiger partial charge in [-0.25, -0.2) is 18.1 Å². The summed E-state index contributed by atoms with van der Waals surface area (Å²) in [7, 11) is -1.79. The number of hydrogen-bond donors (Lipinski definition) is 1. The number of imidazole rings is 1. The molecule has 7 heteroatoms. The van der Waals surface area contributed by atoms with Crippen LogP contribution in [0.25, 0.3) is 0 Å². The van der Waals surface area contributed by atoms with E-state index < -0.39 is 10.0 Å². The number of aryl methyl sites for hydroxylation is 2. The Labute approximate surface area is 101 Å². The fourth-order valence-corrected chi connectivity index (χ4v) is 2.36. The van der Waals surface area contributed by atoms with Gasteiger partial charge < -0.3 is 4.57 Å². The maximum atomic E-state index is 11.8. The molecule has 92 valence electrons. The molecule has 1 rings (SSSR count). The summed E-state index contributed by atoms with van der Waals surface area (Å²) in [5.74, 6) is 0.651. The molecule has 0 aromatic carbocycles. The maximum Gasteiger partial charge on any atom is 0.259 e. The van der Waals surface area contributed by atoms with Crippen molar-refractivity contribution in [3.8, 4) is 0 Å². The van der Waals surface area contributed by atoms with Crippen LogP contribution in [0.1, 0.15) is 19.2 Å². The normalized spacial score (nSPS) is 14.0. The topological polar surface area (TPSA) is 64.0 Å². The first kappa shape index (κ1) is 13.5. The average molecular weight is 266 g/mol. The lowest BCUT2D eigenvalue weighted by atomic mass is 10.3. The van der Waals surface area contributed by atoms with Gasteiger partial charge in [-0.05, 0) is 13.3 Å². The zero-order valence-corrected chi connectivity index (χ0v) is 11.1. The van der Waals surface area contributed by atoms with Crippen molar-refractivity contribution in [2.24, 2.45) is 7.05 Å². The van der Waals surface area contributed by atoms with Crippen molar-refractivity contribution in [3.63, 3.8) is 0 Å². The van der Waals surface area contributed by atoms with Crippen LogP contribution in [0.2, 0.25) is 0 Å². The van der Waals surface area contributed by atoms with Gasteiger partial charge >= 0.3 is 0 Å². The van der Waals surface area contributed by atoms with Crippen LogP contribution in [0.4, 0.5) is 0 Å². The fraction of sp³-hybridized carbons (Fsp3) is 0.667. The van der Waals surface area contributed by atoms with Crippen LogP contribution in [0.15, 0.2) is 11.2 Å². The molecule has 0 saturated carbocycles. The zero-order chi connectivity index (χ0) is 12.3. The molecule has 0 amide bonds. The van der Waals surface area contributed by atoms with E-state index in [2.05, 4.69) is 9.71 Å². The second kappa shape index (κ2) is 5.16. The Balaban J connectivity index is 2.78. The first-order valence-electron chi connectivity index (χ1n) is 5.00. The Morgan fingerprint density at radius 3 is 2.69 bits per heavy atom. The van der Waals surface area contributed by atoms with Crippen LogP contribution in [0, 0.1) is 6.92 Å². The number of rotatable bonds is 5. The summed E-state index contributed by atoms with van der Waals surface area (Å²) in [5.41, 5.74) is 0. The van der Waals surface area contributed by atoms with Crippen LogP contribution in [-0.4, -0.2) is 29.9 Å². The predicted octanol–water partition coefficient (Wildman–Crippen LogP) is 1.02. The van der Waals surface area contributed by atoms with E-state index in [1.807, 2.05) is 6.92 Å². The van der Waals surface area contributed by atoms with Crippen LogP contribution < -0.4 is 4.72 Å². The standard InChI is InChI=1S/C9H16ClN3O2S/c1-4-8(10)5-11-16(14,15)9-6-13(3)7(2)12-9/h6,8,11H,4-5H2,1-3H3. The van der Waals surface area contributed by atoms with E-state index >= 15 is 0 Å². The molecule has 0 spiro atoms. The van der Waals surface area contributed by atoms with Crippen molar-refractivity contribution in [2.45, 2.75) is 30.7 Å². The van der Waals surface area contributed by atoms with Gasteiger partial charge in [0.2, 0.25) is 0 Å². The highest BCUT2D eigenvalue weighted by atomic mass is 35.5. The van der Waals surface area contributed by atoms with Gasteiger partial charge in [-0.3, -0.25) is 0 Å². The summed E-state index contributed by atoms with van der Waals surface area (Å²) in [5, 5.41) is -0.160. The lowest BCUT2D eigenvalue weighted by molar-refractivity contribution is 0.575. The molecular weight excluding hydrogens is 250 g/mol. The maximum absolute atomic E-state index is 11.8. The van der Waals surface area contributed by atoms with E-state index in [1.165, 1.54) is 6.20 Å². The number of aromatic nitrogens is 2. The van der Waals surface area contributed by atoms with Crippen molar-refractivity contribution in [1.82, 2.24) is 14.3 Å². The minimum absolute atomic E-state index is 0.0347. The molecule has 0 bridgehead atoms. The van der Waals surface area contributed by atoms with Gasteiger partial charge in [0.25, 0.3) is 10.0 Å². The van der Waals surface area contributed by atoms with Gasteiger partial charge in [-0.15, -0.1) is 11.6 Å². The van der Waals surface area contributed by atoms with E-state index in [0.29, 0.717) is 12.2 Å². The van der Waals surface area contributed by atoms with Crippen molar-refractivity contribution >= 4 is 21.6 Å². The number of nitrogens with one attached hydrogen (secondary N) is 1. The number of nitrogens with zero attached hydrogens (tertiary/aromatic N) is 2. The minimum atomic E-state index is -3.53. The summed E-state index contributed by atoms with van der Waals surface area (Å²) in [6.07, 6.45) is 2.19. The Morgan fingerprint density at radius 2 is 2.25 bits per heavy atom. The first-order chi connectivity index (χ1) is 7.36. The molecule has 5 nitrogen and oxygen atoms in total. The minimum Gasteiger partial charge on any atom is -0.337 e. The van der Waals surface area contributed by atoms with Crippen molar-refractivity contribution < 1.29 is 8.42 Å². The molecule has 0 aliphatic heterocycles. The Kier molecular flexibility index (Phi) is 4.35. The largest absolute Gasteiger partial charge is 0.337 e. The van der Waals surface area contributed by atoms with E-state index in [-0.39, 0.29) is 16.9 Å². The average Bonchev–Trinajstić information content (AvgIpc) is 2.56. The van der Waals surface area contributed by atoms with Gasteiger partial charge in [-0.1, -0.05) is 6.92 Å². The molecule has 1 aromatic heterocycles. The van der Waals surface area contributed by atoms with Crippen molar-refractivity contribution in [1.29, 1.82) is 0 Å². The summed E-state index contributed by atoms with van der Waals surface area (Å²) >= 11 is 5.84. The highest BCUT2D eigenvalue weighted by molar-refractivity contribution is 7.89. The molecule has 0 aliphatic rings. The van der Waals surface area contributed by atoms with Gasteiger partial charge in [0.05, 0.1) is 0 Å². The number of hydrogen-bond acceptors (Lipinski definition) is 3. The van der Waals surface area contributed by atoms with Gasteiger partial charge in [-0.2, -0.15) is 0 Å². The third-order valence-electron chi connectivity index (χ3n) is 2.30. The first-order valence-corrected chi connectivity index (χ1v) is 6.92. The lowest BCUT2D eigenvalue weighted by Crippen LogP contribution is -2.29. The third kappa shape index (κ3) is 3.20. The molecule has 0 fully saturated rings. The molecule has 0 radical (unpaired) electrons. The highest BCUT2D eigenvalue weighted by Gasteiger charge is 2.18. The molecule has 1 N–H and O–H groups in total. The third-order valence-corrected chi connectivity index (χ3v) is 4.06. The molecule has 0 saturated heterocycles. The molecule has 1 atom stereocenters. The van der Waals surface area contributed by atoms with Crippen molar-refractivity contribution in [2.75, 3.05) is 6.54 Å². The highest BCUT2D eigenvalue weighted by Crippen LogP contribution is 2.08. The van der Waals surface area contributed by atoms with Crippen LogP contribution in [-0.2, 0) is 17.1 Å². The Bertz CT molecular complexity index is 436. The Morgan fingerprint density at radius 1 is 1.62 bits per heavy atom. The van der Waals surface area contributed by atoms with E-state index in [9.17, 15) is 8.42 Å². The monoisotopic (exact) mass is 265 g/mol. The van der Waals surface area contributed by atoms with E-state index in [4.69, 9.17) is 11.6 Å². The molecule has 0 aliphatic carbocycles. The van der Waals surface area contributed by atoms with Crippen LogP contribution >= 0.6 is 11.6 Å².